The molecule has 0 spiro atoms. The van der Waals surface area contributed by atoms with Crippen molar-refractivity contribution in [3.63, 3.8) is 0 Å². The smallest absolute Gasteiger partial charge is 0.213 e. The summed E-state index contributed by atoms with van der Waals surface area (Å²) in [5, 5.41) is 24.3. The second-order valence-corrected chi connectivity index (χ2v) is 9.62. The molecule has 10 nitrogen and oxygen atoms in total. The molecule has 37 heavy (non-hydrogen) atoms. The number of benzene rings is 1. The van der Waals surface area contributed by atoms with Gasteiger partial charge in [0.15, 0.2) is 0 Å². The van der Waals surface area contributed by atoms with Crippen molar-refractivity contribution in [1.82, 2.24) is 20.2 Å². The van der Waals surface area contributed by atoms with Gasteiger partial charge < -0.3 is 26.4 Å². The number of fused-ring (bicyclic) bond motifs is 1. The molecule has 7 N–H and O–H groups in total. The van der Waals surface area contributed by atoms with Gasteiger partial charge in [0.05, 0.1) is 18.3 Å². The van der Waals surface area contributed by atoms with E-state index in [1.807, 2.05) is 29.2 Å². The van der Waals surface area contributed by atoms with Gasteiger partial charge in [0.2, 0.25) is 6.41 Å². The fourth-order valence-corrected chi connectivity index (χ4v) is 4.49. The standard InChI is InChI=1S/C27H39N7O3/c1-2-10-34(11-4-9-30-27(36)37-22-5-3-6-22)26(35)20-12-19-8-7-18(13-23(19)33-24(29)14-20)21-16-31-25(15-28)32-17-21/h7-8,12-13,16-17,22,26-27,30,35-36H,2-6,9-11,14-15,28H2,1H3,(H2,29,33). The molecule has 1 saturated carbocycles. The van der Waals surface area contributed by atoms with E-state index in [0.29, 0.717) is 37.7 Å². The van der Waals surface area contributed by atoms with Crippen LogP contribution in [0.2, 0.25) is 0 Å². The number of aromatic nitrogens is 2. The first kappa shape index (κ1) is 27.3. The van der Waals surface area contributed by atoms with Gasteiger partial charge in [-0.25, -0.2) is 15.0 Å². The van der Waals surface area contributed by atoms with E-state index in [1.165, 1.54) is 0 Å². The number of amidine groups is 1. The number of hydrogen-bond acceptors (Lipinski definition) is 10. The van der Waals surface area contributed by atoms with Crippen molar-refractivity contribution in [2.75, 3.05) is 19.6 Å². The van der Waals surface area contributed by atoms with Crippen molar-refractivity contribution in [3.05, 3.63) is 47.6 Å². The minimum absolute atomic E-state index is 0.166. The number of ether oxygens (including phenoxy) is 1. The highest BCUT2D eigenvalue weighted by Gasteiger charge is 2.23. The number of nitrogens with zero attached hydrogens (tertiary/aromatic N) is 4. The fraction of sp³-hybridized carbons (Fsp3) is 0.519. The molecule has 0 radical (unpaired) electrons. The maximum absolute atomic E-state index is 11.3. The molecule has 10 heteroatoms. The Labute approximate surface area is 218 Å². The molecule has 1 fully saturated rings. The van der Waals surface area contributed by atoms with E-state index in [4.69, 9.17) is 16.2 Å². The lowest BCUT2D eigenvalue weighted by atomic mass is 9.96. The molecule has 4 rings (SSSR count). The summed E-state index contributed by atoms with van der Waals surface area (Å²) in [6.07, 6.45) is 9.15. The molecule has 1 aliphatic heterocycles. The number of aliphatic hydroxyl groups excluding tert-OH is 2. The van der Waals surface area contributed by atoms with Crippen molar-refractivity contribution in [3.8, 4) is 11.1 Å². The van der Waals surface area contributed by atoms with Crippen LogP contribution in [0.4, 0.5) is 5.69 Å². The number of nitrogens with one attached hydrogen (secondary N) is 1. The number of aliphatic hydroxyl groups is 2. The maximum atomic E-state index is 11.3. The lowest BCUT2D eigenvalue weighted by molar-refractivity contribution is -0.172. The van der Waals surface area contributed by atoms with Gasteiger partial charge in [0.25, 0.3) is 0 Å². The van der Waals surface area contributed by atoms with E-state index in [0.717, 1.165) is 66.6 Å². The summed E-state index contributed by atoms with van der Waals surface area (Å²) in [6.45, 7) is 4.37. The summed E-state index contributed by atoms with van der Waals surface area (Å²) in [5.74, 6) is 1.04. The molecule has 1 aromatic carbocycles. The summed E-state index contributed by atoms with van der Waals surface area (Å²) < 4.78 is 5.52. The first-order valence-electron chi connectivity index (χ1n) is 13.1. The predicted octanol–water partition coefficient (Wildman–Crippen LogP) is 2.23. The van der Waals surface area contributed by atoms with Gasteiger partial charge >= 0.3 is 0 Å². The number of hydrogen-bond donors (Lipinski definition) is 5. The summed E-state index contributed by atoms with van der Waals surface area (Å²) in [5.41, 5.74) is 16.1. The van der Waals surface area contributed by atoms with Crippen LogP contribution in [0.1, 0.15) is 56.8 Å². The number of nitrogens with two attached hydrogens (primary N) is 2. The second-order valence-electron chi connectivity index (χ2n) is 9.62. The minimum atomic E-state index is -0.943. The monoisotopic (exact) mass is 509 g/mol. The van der Waals surface area contributed by atoms with Crippen LogP contribution >= 0.6 is 0 Å². The van der Waals surface area contributed by atoms with E-state index in [2.05, 4.69) is 27.2 Å². The Morgan fingerprint density at radius 3 is 2.62 bits per heavy atom. The van der Waals surface area contributed by atoms with E-state index >= 15 is 0 Å². The van der Waals surface area contributed by atoms with Crippen LogP contribution in [-0.4, -0.2) is 69.3 Å². The Bertz CT molecular complexity index is 1090. The van der Waals surface area contributed by atoms with Crippen molar-refractivity contribution < 1.29 is 14.9 Å². The quantitative estimate of drug-likeness (QED) is 0.202. The minimum Gasteiger partial charge on any atom is -0.387 e. The first-order chi connectivity index (χ1) is 18.0. The summed E-state index contributed by atoms with van der Waals surface area (Å²) in [6, 6.07) is 5.93. The topological polar surface area (TPSA) is 155 Å². The molecule has 0 amide bonds. The van der Waals surface area contributed by atoms with Crippen LogP contribution in [0.25, 0.3) is 17.2 Å². The van der Waals surface area contributed by atoms with Crippen LogP contribution in [-0.2, 0) is 11.3 Å². The third-order valence-corrected chi connectivity index (χ3v) is 6.74. The Hall–Kier alpha value is -2.73. The van der Waals surface area contributed by atoms with E-state index in [1.54, 1.807) is 12.4 Å². The average Bonchev–Trinajstić information content (AvgIpc) is 3.05. The second kappa shape index (κ2) is 13.2. The molecule has 1 aromatic heterocycles. The number of aliphatic imine (C=N–C) groups is 1. The Morgan fingerprint density at radius 1 is 1.16 bits per heavy atom. The maximum Gasteiger partial charge on any atom is 0.213 e. The molecule has 0 bridgehead atoms. The van der Waals surface area contributed by atoms with Gasteiger partial charge in [-0.05, 0) is 55.4 Å². The zero-order valence-corrected chi connectivity index (χ0v) is 21.5. The average molecular weight is 510 g/mol. The van der Waals surface area contributed by atoms with Crippen LogP contribution in [0.15, 0.2) is 41.2 Å². The molecule has 1 aliphatic carbocycles. The van der Waals surface area contributed by atoms with Gasteiger partial charge in [-0.3, -0.25) is 10.2 Å². The molecule has 2 aromatic rings. The number of rotatable bonds is 13. The van der Waals surface area contributed by atoms with Gasteiger partial charge in [-0.2, -0.15) is 0 Å². The van der Waals surface area contributed by atoms with Crippen molar-refractivity contribution in [1.29, 1.82) is 0 Å². The van der Waals surface area contributed by atoms with Gasteiger partial charge in [0, 0.05) is 49.6 Å². The zero-order chi connectivity index (χ0) is 26.2. The molecule has 2 heterocycles. The van der Waals surface area contributed by atoms with Gasteiger partial charge in [0.1, 0.15) is 17.9 Å². The fourth-order valence-electron chi connectivity index (χ4n) is 4.49. The van der Waals surface area contributed by atoms with Crippen LogP contribution in [0, 0.1) is 0 Å². The third-order valence-electron chi connectivity index (χ3n) is 6.74. The van der Waals surface area contributed by atoms with Crippen LogP contribution in [0.5, 0.6) is 0 Å². The Kier molecular flexibility index (Phi) is 9.73. The van der Waals surface area contributed by atoms with Crippen molar-refractivity contribution in [2.45, 2.75) is 70.7 Å². The molecule has 200 valence electrons. The summed E-state index contributed by atoms with van der Waals surface area (Å²) in [4.78, 5) is 15.2. The molecule has 2 aliphatic rings. The Morgan fingerprint density at radius 2 is 1.95 bits per heavy atom. The third kappa shape index (κ3) is 7.41. The molecular weight excluding hydrogens is 470 g/mol. The lowest BCUT2D eigenvalue weighted by Gasteiger charge is -2.30. The molecule has 2 atom stereocenters. The van der Waals surface area contributed by atoms with E-state index in [9.17, 15) is 10.2 Å². The van der Waals surface area contributed by atoms with E-state index in [-0.39, 0.29) is 6.10 Å². The highest BCUT2D eigenvalue weighted by molar-refractivity contribution is 5.91. The summed E-state index contributed by atoms with van der Waals surface area (Å²) >= 11 is 0. The normalized spacial score (nSPS) is 17.4. The first-order valence-corrected chi connectivity index (χ1v) is 13.1. The van der Waals surface area contributed by atoms with Crippen LogP contribution in [0.3, 0.4) is 0 Å². The van der Waals surface area contributed by atoms with E-state index < -0.39 is 12.6 Å². The molecular formula is C27H39N7O3. The zero-order valence-electron chi connectivity index (χ0n) is 21.5. The van der Waals surface area contributed by atoms with Gasteiger partial charge in [-0.15, -0.1) is 0 Å². The molecule has 0 saturated heterocycles. The SMILES string of the molecule is CCCN(CCCNC(O)OC1CCC1)C(O)C1=Cc2ccc(-c3cnc(CN)nc3)cc2N=C(N)C1. The van der Waals surface area contributed by atoms with Crippen molar-refractivity contribution in [2.24, 2.45) is 16.5 Å². The highest BCUT2D eigenvalue weighted by Crippen LogP contribution is 2.32. The van der Waals surface area contributed by atoms with Gasteiger partial charge in [-0.1, -0.05) is 19.1 Å². The van der Waals surface area contributed by atoms with Crippen LogP contribution < -0.4 is 16.8 Å². The Balaban J connectivity index is 1.42. The van der Waals surface area contributed by atoms with Crippen molar-refractivity contribution >= 4 is 17.6 Å². The largest absolute Gasteiger partial charge is 0.387 e. The highest BCUT2D eigenvalue weighted by atomic mass is 16.6. The predicted molar refractivity (Wildman–Crippen MR) is 144 cm³/mol. The lowest BCUT2D eigenvalue weighted by Crippen LogP contribution is -2.41. The molecule has 2 unspecified atom stereocenters. The summed E-state index contributed by atoms with van der Waals surface area (Å²) in [7, 11) is 0.